The third-order valence-electron chi connectivity index (χ3n) is 3.19. The maximum absolute atomic E-state index is 10.9. The summed E-state index contributed by atoms with van der Waals surface area (Å²) in [7, 11) is 0. The summed E-state index contributed by atoms with van der Waals surface area (Å²) in [4.78, 5) is 10.9. The maximum atomic E-state index is 10.9. The Morgan fingerprint density at radius 2 is 1.82 bits per heavy atom. The highest BCUT2D eigenvalue weighted by Crippen LogP contribution is 2.34. The van der Waals surface area contributed by atoms with Crippen molar-refractivity contribution >= 4 is 6.16 Å². The topological polar surface area (TPSA) is 55.8 Å². The normalized spacial score (nSPS) is 10.7. The van der Waals surface area contributed by atoms with Crippen LogP contribution in [0.1, 0.15) is 19.4 Å². The number of rotatable bonds is 6. The first kappa shape index (κ1) is 16.0. The Morgan fingerprint density at radius 3 is 2.45 bits per heavy atom. The summed E-state index contributed by atoms with van der Waals surface area (Å²) in [6.45, 7) is 4.55. The lowest BCUT2D eigenvalue weighted by atomic mass is 9.97. The van der Waals surface area contributed by atoms with E-state index in [1.165, 1.54) is 0 Å². The third-order valence-corrected chi connectivity index (χ3v) is 3.19. The highest BCUT2D eigenvalue weighted by atomic mass is 16.7. The van der Waals surface area contributed by atoms with E-state index in [1.807, 2.05) is 50.2 Å². The smallest absolute Gasteiger partial charge is 0.449 e. The van der Waals surface area contributed by atoms with Gasteiger partial charge in [0, 0.05) is 5.56 Å². The molecule has 0 radical (unpaired) electrons. The lowest BCUT2D eigenvalue weighted by Gasteiger charge is -2.15. The molecule has 0 amide bonds. The van der Waals surface area contributed by atoms with Gasteiger partial charge in [0.2, 0.25) is 0 Å². The van der Waals surface area contributed by atoms with Gasteiger partial charge in [0.05, 0.1) is 12.7 Å². The highest BCUT2D eigenvalue weighted by Gasteiger charge is 2.14. The van der Waals surface area contributed by atoms with E-state index in [2.05, 4.69) is 0 Å². The summed E-state index contributed by atoms with van der Waals surface area (Å²) in [6, 6.07) is 15.1. The number of carbonyl (C=O) groups is 1. The van der Waals surface area contributed by atoms with Crippen LogP contribution >= 0.6 is 0 Å². The SMILES string of the molecule is CC(C)OCCc1cccc(OC(=O)O)c1-c1ccccc1. The van der Waals surface area contributed by atoms with Crippen LogP contribution in [-0.4, -0.2) is 24.0 Å². The molecule has 0 atom stereocenters. The van der Waals surface area contributed by atoms with Crippen molar-refractivity contribution in [3.8, 4) is 16.9 Å². The number of carboxylic acid groups (broad SMARTS) is 1. The Kier molecular flexibility index (Phi) is 5.55. The molecule has 0 aliphatic rings. The van der Waals surface area contributed by atoms with Gasteiger partial charge in [-0.2, -0.15) is 0 Å². The molecule has 22 heavy (non-hydrogen) atoms. The quantitative estimate of drug-likeness (QED) is 0.635. The lowest BCUT2D eigenvalue weighted by molar-refractivity contribution is 0.0814. The fourth-order valence-electron chi connectivity index (χ4n) is 2.30. The van der Waals surface area contributed by atoms with Gasteiger partial charge in [0.15, 0.2) is 0 Å². The Bertz CT molecular complexity index is 620. The third kappa shape index (κ3) is 4.33. The average molecular weight is 300 g/mol. The number of hydrogen-bond acceptors (Lipinski definition) is 3. The van der Waals surface area contributed by atoms with Crippen molar-refractivity contribution in [2.45, 2.75) is 26.4 Å². The van der Waals surface area contributed by atoms with E-state index in [1.54, 1.807) is 12.1 Å². The van der Waals surface area contributed by atoms with E-state index in [-0.39, 0.29) is 6.10 Å². The second-order valence-corrected chi connectivity index (χ2v) is 5.19. The predicted octanol–water partition coefficient (Wildman–Crippen LogP) is 4.38. The van der Waals surface area contributed by atoms with Crippen LogP contribution in [0, 0.1) is 0 Å². The molecule has 2 aromatic rings. The second-order valence-electron chi connectivity index (χ2n) is 5.19. The Labute approximate surface area is 130 Å². The molecular formula is C18H20O4. The summed E-state index contributed by atoms with van der Waals surface area (Å²) >= 11 is 0. The summed E-state index contributed by atoms with van der Waals surface area (Å²) in [5, 5.41) is 8.93. The van der Waals surface area contributed by atoms with Gasteiger partial charge >= 0.3 is 6.16 Å². The minimum Gasteiger partial charge on any atom is -0.449 e. The molecule has 0 heterocycles. The first-order chi connectivity index (χ1) is 10.6. The molecule has 2 aromatic carbocycles. The van der Waals surface area contributed by atoms with E-state index < -0.39 is 6.16 Å². The molecule has 0 saturated carbocycles. The first-order valence-corrected chi connectivity index (χ1v) is 7.27. The minimum atomic E-state index is -1.31. The highest BCUT2D eigenvalue weighted by molar-refractivity contribution is 5.77. The zero-order valence-corrected chi connectivity index (χ0v) is 12.8. The zero-order chi connectivity index (χ0) is 15.9. The molecule has 4 heteroatoms. The number of hydrogen-bond donors (Lipinski definition) is 1. The molecule has 2 rings (SSSR count). The van der Waals surface area contributed by atoms with Crippen molar-refractivity contribution in [3.63, 3.8) is 0 Å². The molecule has 0 saturated heterocycles. The van der Waals surface area contributed by atoms with Gasteiger partial charge < -0.3 is 14.6 Å². The predicted molar refractivity (Wildman–Crippen MR) is 85.3 cm³/mol. The Morgan fingerprint density at radius 1 is 1.09 bits per heavy atom. The van der Waals surface area contributed by atoms with Crippen molar-refractivity contribution < 1.29 is 19.4 Å². The van der Waals surface area contributed by atoms with Crippen LogP contribution in [-0.2, 0) is 11.2 Å². The van der Waals surface area contributed by atoms with E-state index >= 15 is 0 Å². The first-order valence-electron chi connectivity index (χ1n) is 7.27. The van der Waals surface area contributed by atoms with Crippen LogP contribution in [0.15, 0.2) is 48.5 Å². The molecule has 0 unspecified atom stereocenters. The van der Waals surface area contributed by atoms with Gasteiger partial charge in [-0.1, -0.05) is 42.5 Å². The van der Waals surface area contributed by atoms with Crippen LogP contribution in [0.5, 0.6) is 5.75 Å². The van der Waals surface area contributed by atoms with E-state index in [4.69, 9.17) is 14.6 Å². The van der Waals surface area contributed by atoms with Crippen LogP contribution < -0.4 is 4.74 Å². The van der Waals surface area contributed by atoms with Crippen LogP contribution in [0.25, 0.3) is 11.1 Å². The summed E-state index contributed by atoms with van der Waals surface area (Å²) < 4.78 is 10.5. The van der Waals surface area contributed by atoms with Gasteiger partial charge in [0.25, 0.3) is 0 Å². The molecule has 0 aliphatic heterocycles. The Balaban J connectivity index is 2.37. The van der Waals surface area contributed by atoms with E-state index in [9.17, 15) is 4.79 Å². The van der Waals surface area contributed by atoms with Gasteiger partial charge in [-0.15, -0.1) is 0 Å². The van der Waals surface area contributed by atoms with Crippen molar-refractivity contribution in [1.29, 1.82) is 0 Å². The molecule has 116 valence electrons. The standard InChI is InChI=1S/C18H20O4/c1-13(2)21-12-11-15-9-6-10-16(22-18(19)20)17(15)14-7-4-3-5-8-14/h3-10,13H,11-12H2,1-2H3,(H,19,20). The molecule has 0 fully saturated rings. The Hall–Kier alpha value is -2.33. The van der Waals surface area contributed by atoms with Gasteiger partial charge in [0.1, 0.15) is 5.75 Å². The molecular weight excluding hydrogens is 280 g/mol. The molecule has 0 bridgehead atoms. The van der Waals surface area contributed by atoms with Crippen LogP contribution in [0.3, 0.4) is 0 Å². The molecule has 1 N–H and O–H groups in total. The number of benzene rings is 2. The van der Waals surface area contributed by atoms with Crippen molar-refractivity contribution in [2.24, 2.45) is 0 Å². The lowest BCUT2D eigenvalue weighted by Crippen LogP contribution is -2.08. The van der Waals surface area contributed by atoms with E-state index in [0.29, 0.717) is 18.8 Å². The molecule has 0 aliphatic carbocycles. The van der Waals surface area contributed by atoms with Gasteiger partial charge in [-0.3, -0.25) is 0 Å². The zero-order valence-electron chi connectivity index (χ0n) is 12.8. The summed E-state index contributed by atoms with van der Waals surface area (Å²) in [5.74, 6) is 0.348. The van der Waals surface area contributed by atoms with Gasteiger partial charge in [-0.05, 0) is 37.5 Å². The number of ether oxygens (including phenoxy) is 2. The molecule has 0 spiro atoms. The summed E-state index contributed by atoms with van der Waals surface area (Å²) in [6.07, 6.45) is -0.453. The average Bonchev–Trinajstić information content (AvgIpc) is 2.47. The van der Waals surface area contributed by atoms with Crippen molar-refractivity contribution in [1.82, 2.24) is 0 Å². The van der Waals surface area contributed by atoms with Crippen molar-refractivity contribution in [2.75, 3.05) is 6.61 Å². The maximum Gasteiger partial charge on any atom is 0.511 e. The molecule has 4 nitrogen and oxygen atoms in total. The monoisotopic (exact) mass is 300 g/mol. The fourth-order valence-corrected chi connectivity index (χ4v) is 2.30. The minimum absolute atomic E-state index is 0.165. The largest absolute Gasteiger partial charge is 0.511 e. The van der Waals surface area contributed by atoms with Crippen LogP contribution in [0.2, 0.25) is 0 Å². The second kappa shape index (κ2) is 7.61. The van der Waals surface area contributed by atoms with E-state index in [0.717, 1.165) is 16.7 Å². The summed E-state index contributed by atoms with van der Waals surface area (Å²) in [5.41, 5.74) is 2.74. The van der Waals surface area contributed by atoms with Crippen LogP contribution in [0.4, 0.5) is 4.79 Å². The molecule has 0 aromatic heterocycles. The fraction of sp³-hybridized carbons (Fsp3) is 0.278. The van der Waals surface area contributed by atoms with Gasteiger partial charge in [-0.25, -0.2) is 4.79 Å². The van der Waals surface area contributed by atoms with Crippen molar-refractivity contribution in [3.05, 3.63) is 54.1 Å².